The molecule has 0 aliphatic heterocycles. The number of carbonyl (C=O) groups is 1. The van der Waals surface area contributed by atoms with Crippen LogP contribution in [-0.2, 0) is 9.47 Å². The van der Waals surface area contributed by atoms with Gasteiger partial charge in [-0.05, 0) is 12.1 Å². The van der Waals surface area contributed by atoms with Gasteiger partial charge in [0.25, 0.3) is 0 Å². The first-order valence-electron chi connectivity index (χ1n) is 4.03. The van der Waals surface area contributed by atoms with E-state index in [4.69, 9.17) is 21.1 Å². The zero-order valence-corrected chi connectivity index (χ0v) is 8.75. The fraction of sp³-hybridized carbons (Fsp3) is 0.300. The highest BCUT2D eigenvalue weighted by Crippen LogP contribution is 2.26. The van der Waals surface area contributed by atoms with Crippen LogP contribution in [0.1, 0.15) is 22.2 Å². The predicted octanol–water partition coefficient (Wildman–Crippen LogP) is 2.44. The molecule has 0 unspecified atom stereocenters. The second-order valence-corrected chi connectivity index (χ2v) is 3.11. The summed E-state index contributed by atoms with van der Waals surface area (Å²) in [5.41, 5.74) is 1.20. The fourth-order valence-electron chi connectivity index (χ4n) is 1.17. The first-order chi connectivity index (χ1) is 6.72. The van der Waals surface area contributed by atoms with Crippen molar-refractivity contribution in [2.45, 2.75) is 6.29 Å². The average molecular weight is 215 g/mol. The molecule has 0 aromatic heterocycles. The summed E-state index contributed by atoms with van der Waals surface area (Å²) in [5, 5.41) is 0.518. The maximum absolute atomic E-state index is 10.5. The molecule has 1 aromatic carbocycles. The second kappa shape index (κ2) is 5.10. The normalized spacial score (nSPS) is 10.6. The van der Waals surface area contributed by atoms with E-state index in [0.29, 0.717) is 16.1 Å². The molecule has 0 saturated heterocycles. The zero-order valence-electron chi connectivity index (χ0n) is 7.99. The lowest BCUT2D eigenvalue weighted by atomic mass is 10.1. The minimum atomic E-state index is -0.539. The summed E-state index contributed by atoms with van der Waals surface area (Å²) in [6.07, 6.45) is 0.213. The Morgan fingerprint density at radius 2 is 2.00 bits per heavy atom. The Hall–Kier alpha value is -0.900. The molecule has 1 aromatic rings. The SMILES string of the molecule is COC(OC)c1cc(C=O)ccc1Cl. The van der Waals surface area contributed by atoms with Gasteiger partial charge in [-0.25, -0.2) is 0 Å². The molecular weight excluding hydrogens is 204 g/mol. The molecule has 76 valence electrons. The number of hydrogen-bond acceptors (Lipinski definition) is 3. The Balaban J connectivity index is 3.10. The van der Waals surface area contributed by atoms with Crippen molar-refractivity contribution < 1.29 is 14.3 Å². The largest absolute Gasteiger partial charge is 0.352 e. The average Bonchev–Trinajstić information content (AvgIpc) is 2.22. The number of methoxy groups -OCH3 is 2. The van der Waals surface area contributed by atoms with Gasteiger partial charge >= 0.3 is 0 Å². The van der Waals surface area contributed by atoms with Crippen LogP contribution in [0.4, 0.5) is 0 Å². The highest BCUT2D eigenvalue weighted by atomic mass is 35.5. The summed E-state index contributed by atoms with van der Waals surface area (Å²) >= 11 is 5.93. The van der Waals surface area contributed by atoms with Crippen molar-refractivity contribution >= 4 is 17.9 Å². The third kappa shape index (κ3) is 2.32. The quantitative estimate of drug-likeness (QED) is 0.571. The molecule has 0 radical (unpaired) electrons. The number of halogens is 1. The van der Waals surface area contributed by atoms with E-state index in [1.165, 1.54) is 14.2 Å². The monoisotopic (exact) mass is 214 g/mol. The van der Waals surface area contributed by atoms with Gasteiger partial charge in [-0.2, -0.15) is 0 Å². The van der Waals surface area contributed by atoms with Crippen LogP contribution in [0.5, 0.6) is 0 Å². The van der Waals surface area contributed by atoms with Crippen molar-refractivity contribution in [1.29, 1.82) is 0 Å². The van der Waals surface area contributed by atoms with Crippen molar-refractivity contribution in [1.82, 2.24) is 0 Å². The summed E-state index contributed by atoms with van der Waals surface area (Å²) in [7, 11) is 3.02. The van der Waals surface area contributed by atoms with Crippen LogP contribution in [0.15, 0.2) is 18.2 Å². The van der Waals surface area contributed by atoms with E-state index in [1.807, 2.05) is 0 Å². The minimum absolute atomic E-state index is 0.518. The molecule has 0 aliphatic carbocycles. The third-order valence-electron chi connectivity index (χ3n) is 1.84. The molecule has 0 N–H and O–H groups in total. The minimum Gasteiger partial charge on any atom is -0.352 e. The maximum Gasteiger partial charge on any atom is 0.184 e. The topological polar surface area (TPSA) is 35.5 Å². The Morgan fingerprint density at radius 1 is 1.36 bits per heavy atom. The Labute approximate surface area is 87.6 Å². The van der Waals surface area contributed by atoms with Gasteiger partial charge in [0.05, 0.1) is 0 Å². The van der Waals surface area contributed by atoms with Gasteiger partial charge in [-0.15, -0.1) is 0 Å². The first kappa shape index (κ1) is 11.2. The van der Waals surface area contributed by atoms with E-state index in [9.17, 15) is 4.79 Å². The van der Waals surface area contributed by atoms with Crippen LogP contribution >= 0.6 is 11.6 Å². The lowest BCUT2D eigenvalue weighted by Gasteiger charge is -2.15. The van der Waals surface area contributed by atoms with E-state index >= 15 is 0 Å². The number of rotatable bonds is 4. The molecule has 0 atom stereocenters. The van der Waals surface area contributed by atoms with Crippen molar-refractivity contribution in [3.05, 3.63) is 34.3 Å². The molecule has 3 nitrogen and oxygen atoms in total. The van der Waals surface area contributed by atoms with Gasteiger partial charge in [-0.1, -0.05) is 17.7 Å². The molecule has 4 heteroatoms. The van der Waals surface area contributed by atoms with E-state index < -0.39 is 6.29 Å². The summed E-state index contributed by atoms with van der Waals surface area (Å²) in [6, 6.07) is 4.93. The Bertz CT molecular complexity index is 321. The molecule has 0 amide bonds. The zero-order chi connectivity index (χ0) is 10.6. The summed E-state index contributed by atoms with van der Waals surface area (Å²) in [6.45, 7) is 0. The molecule has 0 saturated carbocycles. The van der Waals surface area contributed by atoms with Crippen molar-refractivity contribution in [3.8, 4) is 0 Å². The second-order valence-electron chi connectivity index (χ2n) is 2.70. The summed E-state index contributed by atoms with van der Waals surface area (Å²) in [4.78, 5) is 10.5. The van der Waals surface area contributed by atoms with Crippen LogP contribution in [0.3, 0.4) is 0 Å². The molecule has 0 spiro atoms. The third-order valence-corrected chi connectivity index (χ3v) is 2.18. The van der Waals surface area contributed by atoms with Gasteiger partial charge in [0.2, 0.25) is 0 Å². The highest BCUT2D eigenvalue weighted by Gasteiger charge is 2.13. The number of hydrogen-bond donors (Lipinski definition) is 0. The molecular formula is C10H11ClO3. The van der Waals surface area contributed by atoms with Crippen LogP contribution in [0.2, 0.25) is 5.02 Å². The van der Waals surface area contributed by atoms with Crippen LogP contribution < -0.4 is 0 Å². The van der Waals surface area contributed by atoms with Gasteiger partial charge in [-0.3, -0.25) is 4.79 Å². The van der Waals surface area contributed by atoms with Gasteiger partial charge in [0, 0.05) is 30.4 Å². The number of ether oxygens (including phenoxy) is 2. The van der Waals surface area contributed by atoms with E-state index in [0.717, 1.165) is 6.29 Å². The summed E-state index contributed by atoms with van der Waals surface area (Å²) in [5.74, 6) is 0. The van der Waals surface area contributed by atoms with Gasteiger partial charge in [0.15, 0.2) is 6.29 Å². The van der Waals surface area contributed by atoms with Crippen LogP contribution in [-0.4, -0.2) is 20.5 Å². The standard InChI is InChI=1S/C10H11ClO3/c1-13-10(14-2)8-5-7(6-12)3-4-9(8)11/h3-6,10H,1-2H3. The number of benzene rings is 1. The molecule has 1 rings (SSSR count). The lowest BCUT2D eigenvalue weighted by Crippen LogP contribution is -2.04. The Morgan fingerprint density at radius 3 is 2.50 bits per heavy atom. The van der Waals surface area contributed by atoms with Crippen molar-refractivity contribution in [3.63, 3.8) is 0 Å². The number of carbonyl (C=O) groups excluding carboxylic acids is 1. The maximum atomic E-state index is 10.5. The molecule has 0 aliphatic rings. The summed E-state index contributed by atoms with van der Waals surface area (Å²) < 4.78 is 10.1. The number of aldehydes is 1. The van der Waals surface area contributed by atoms with Crippen molar-refractivity contribution in [2.75, 3.05) is 14.2 Å². The van der Waals surface area contributed by atoms with Crippen LogP contribution in [0, 0.1) is 0 Å². The van der Waals surface area contributed by atoms with E-state index in [1.54, 1.807) is 18.2 Å². The molecule has 0 heterocycles. The predicted molar refractivity (Wildman–Crippen MR) is 53.6 cm³/mol. The van der Waals surface area contributed by atoms with Gasteiger partial charge in [0.1, 0.15) is 6.29 Å². The molecule has 0 fully saturated rings. The smallest absolute Gasteiger partial charge is 0.184 e. The highest BCUT2D eigenvalue weighted by molar-refractivity contribution is 6.31. The lowest BCUT2D eigenvalue weighted by molar-refractivity contribution is -0.105. The van der Waals surface area contributed by atoms with E-state index in [-0.39, 0.29) is 0 Å². The fourth-order valence-corrected chi connectivity index (χ4v) is 1.37. The Kier molecular flexibility index (Phi) is 4.07. The van der Waals surface area contributed by atoms with Crippen LogP contribution in [0.25, 0.3) is 0 Å². The molecule has 0 bridgehead atoms. The van der Waals surface area contributed by atoms with Crippen molar-refractivity contribution in [2.24, 2.45) is 0 Å². The first-order valence-corrected chi connectivity index (χ1v) is 4.41. The van der Waals surface area contributed by atoms with Gasteiger partial charge < -0.3 is 9.47 Å². The van der Waals surface area contributed by atoms with E-state index in [2.05, 4.69) is 0 Å². The molecule has 14 heavy (non-hydrogen) atoms.